The zero-order valence-corrected chi connectivity index (χ0v) is 12.4. The Labute approximate surface area is 120 Å². The number of nitrogens with zero attached hydrogens (tertiary/aromatic N) is 2. The number of nitro benzene ring substituents is 1. The first-order chi connectivity index (χ1) is 9.51. The molecule has 1 N–H and O–H groups in total. The third kappa shape index (κ3) is 3.62. The first-order valence-corrected chi connectivity index (χ1v) is 7.31. The van der Waals surface area contributed by atoms with E-state index in [0.29, 0.717) is 12.0 Å². The summed E-state index contributed by atoms with van der Waals surface area (Å²) in [4.78, 5) is 13.1. The first-order valence-electron chi connectivity index (χ1n) is 7.31. The number of nitro groups is 1. The molecule has 0 bridgehead atoms. The van der Waals surface area contributed by atoms with Gasteiger partial charge in [-0.15, -0.1) is 0 Å². The summed E-state index contributed by atoms with van der Waals surface area (Å²) in [5.41, 5.74) is 1.95. The van der Waals surface area contributed by atoms with E-state index in [1.807, 2.05) is 13.0 Å². The van der Waals surface area contributed by atoms with Crippen LogP contribution in [-0.2, 0) is 0 Å². The zero-order chi connectivity index (χ0) is 14.7. The van der Waals surface area contributed by atoms with Crippen molar-refractivity contribution in [3.63, 3.8) is 0 Å². The van der Waals surface area contributed by atoms with Crippen LogP contribution in [-0.4, -0.2) is 24.1 Å². The van der Waals surface area contributed by atoms with Crippen molar-refractivity contribution in [3.05, 3.63) is 28.3 Å². The lowest BCUT2D eigenvalue weighted by Crippen LogP contribution is -2.29. The van der Waals surface area contributed by atoms with E-state index < -0.39 is 0 Å². The fourth-order valence-electron chi connectivity index (χ4n) is 2.42. The Kier molecular flexibility index (Phi) is 4.47. The highest BCUT2D eigenvalue weighted by molar-refractivity contribution is 5.65. The minimum absolute atomic E-state index is 0.160. The van der Waals surface area contributed by atoms with E-state index in [1.165, 1.54) is 12.8 Å². The summed E-state index contributed by atoms with van der Waals surface area (Å²) in [7, 11) is 0. The molecule has 0 unspecified atom stereocenters. The summed E-state index contributed by atoms with van der Waals surface area (Å²) in [5, 5.41) is 14.3. The molecule has 5 nitrogen and oxygen atoms in total. The monoisotopic (exact) mass is 277 g/mol. The van der Waals surface area contributed by atoms with Crippen LogP contribution in [0.4, 0.5) is 17.1 Å². The van der Waals surface area contributed by atoms with Crippen LogP contribution in [0.1, 0.15) is 33.6 Å². The predicted octanol–water partition coefficient (Wildman–Crippen LogP) is 3.65. The molecule has 1 fully saturated rings. The molecule has 20 heavy (non-hydrogen) atoms. The maximum Gasteiger partial charge on any atom is 0.273 e. The van der Waals surface area contributed by atoms with Gasteiger partial charge in [-0.3, -0.25) is 10.1 Å². The van der Waals surface area contributed by atoms with E-state index in [-0.39, 0.29) is 10.6 Å². The van der Waals surface area contributed by atoms with E-state index in [4.69, 9.17) is 0 Å². The lowest BCUT2D eigenvalue weighted by atomic mass is 10.1. The largest absolute Gasteiger partial charge is 0.385 e. The van der Waals surface area contributed by atoms with Gasteiger partial charge in [-0.05, 0) is 31.7 Å². The van der Waals surface area contributed by atoms with Gasteiger partial charge in [0.25, 0.3) is 5.69 Å². The van der Waals surface area contributed by atoms with Crippen LogP contribution in [0.2, 0.25) is 0 Å². The van der Waals surface area contributed by atoms with E-state index in [0.717, 1.165) is 24.5 Å². The fraction of sp³-hybridized carbons (Fsp3) is 0.600. The number of rotatable bonds is 7. The quantitative estimate of drug-likeness (QED) is 0.610. The highest BCUT2D eigenvalue weighted by atomic mass is 16.6. The van der Waals surface area contributed by atoms with Gasteiger partial charge in [0.15, 0.2) is 0 Å². The number of benzene rings is 1. The Morgan fingerprint density at radius 3 is 2.60 bits per heavy atom. The van der Waals surface area contributed by atoms with Crippen molar-refractivity contribution in [2.24, 2.45) is 5.92 Å². The van der Waals surface area contributed by atoms with E-state index in [9.17, 15) is 10.1 Å². The molecule has 1 aliphatic rings. The van der Waals surface area contributed by atoms with Gasteiger partial charge >= 0.3 is 0 Å². The van der Waals surface area contributed by atoms with Crippen molar-refractivity contribution in [3.8, 4) is 0 Å². The van der Waals surface area contributed by atoms with Crippen LogP contribution in [0.3, 0.4) is 0 Å². The Morgan fingerprint density at radius 2 is 2.10 bits per heavy atom. The number of nitrogens with one attached hydrogen (secondary N) is 1. The van der Waals surface area contributed by atoms with E-state index >= 15 is 0 Å². The summed E-state index contributed by atoms with van der Waals surface area (Å²) in [6, 6.07) is 5.88. The lowest BCUT2D eigenvalue weighted by Gasteiger charge is -2.27. The molecule has 0 aromatic heterocycles. The Bertz CT molecular complexity index is 484. The minimum atomic E-state index is -0.315. The molecule has 0 aliphatic heterocycles. The molecule has 0 amide bonds. The molecule has 5 heteroatoms. The molecule has 1 aliphatic carbocycles. The van der Waals surface area contributed by atoms with Crippen LogP contribution < -0.4 is 10.2 Å². The van der Waals surface area contributed by atoms with Crippen molar-refractivity contribution in [1.82, 2.24) is 0 Å². The maximum atomic E-state index is 11.1. The second-order valence-electron chi connectivity index (χ2n) is 5.80. The topological polar surface area (TPSA) is 58.4 Å². The minimum Gasteiger partial charge on any atom is -0.385 e. The summed E-state index contributed by atoms with van der Waals surface area (Å²) >= 11 is 0. The van der Waals surface area contributed by atoms with Gasteiger partial charge in [0.1, 0.15) is 0 Å². The van der Waals surface area contributed by atoms with Crippen LogP contribution in [0.25, 0.3) is 0 Å². The summed E-state index contributed by atoms with van der Waals surface area (Å²) in [5.74, 6) is 0.539. The molecule has 0 radical (unpaired) electrons. The second kappa shape index (κ2) is 6.11. The second-order valence-corrected chi connectivity index (χ2v) is 5.80. The van der Waals surface area contributed by atoms with Crippen LogP contribution in [0, 0.1) is 16.0 Å². The van der Waals surface area contributed by atoms with Gasteiger partial charge < -0.3 is 10.2 Å². The molecule has 1 aromatic carbocycles. The molecule has 0 spiro atoms. The standard InChI is InChI=1S/C15H23N3O2/c1-4-16-12-7-14(9-15(8-12)18(19)20)17(10-11(2)3)13-5-6-13/h7-9,11,13,16H,4-6,10H2,1-3H3. The Hall–Kier alpha value is -1.78. The SMILES string of the molecule is CCNc1cc(N(CC(C)C)C2CC2)cc([N+](=O)[O-])c1. The third-order valence-corrected chi connectivity index (χ3v) is 3.38. The Balaban J connectivity index is 2.33. The Morgan fingerprint density at radius 1 is 1.40 bits per heavy atom. The number of hydrogen-bond acceptors (Lipinski definition) is 4. The number of non-ortho nitro benzene ring substituents is 1. The molecule has 0 atom stereocenters. The van der Waals surface area contributed by atoms with Gasteiger partial charge in [-0.25, -0.2) is 0 Å². The molecule has 0 heterocycles. The number of anilines is 2. The first kappa shape index (κ1) is 14.6. The van der Waals surface area contributed by atoms with Crippen molar-refractivity contribution in [2.45, 2.75) is 39.7 Å². The van der Waals surface area contributed by atoms with Crippen molar-refractivity contribution in [1.29, 1.82) is 0 Å². The zero-order valence-electron chi connectivity index (χ0n) is 12.4. The van der Waals surface area contributed by atoms with Crippen molar-refractivity contribution < 1.29 is 4.92 Å². The van der Waals surface area contributed by atoms with E-state index in [1.54, 1.807) is 12.1 Å². The van der Waals surface area contributed by atoms with Gasteiger partial charge in [-0.2, -0.15) is 0 Å². The van der Waals surface area contributed by atoms with Gasteiger partial charge in [-0.1, -0.05) is 13.8 Å². The van der Waals surface area contributed by atoms with Gasteiger partial charge in [0, 0.05) is 42.6 Å². The highest BCUT2D eigenvalue weighted by Crippen LogP contribution is 2.35. The van der Waals surface area contributed by atoms with Gasteiger partial charge in [0.05, 0.1) is 4.92 Å². The number of hydrogen-bond donors (Lipinski definition) is 1. The smallest absolute Gasteiger partial charge is 0.273 e. The summed E-state index contributed by atoms with van der Waals surface area (Å²) in [6.45, 7) is 8.05. The van der Waals surface area contributed by atoms with Crippen molar-refractivity contribution >= 4 is 17.1 Å². The molecule has 0 saturated heterocycles. The molecule has 1 saturated carbocycles. The molecule has 1 aromatic rings. The highest BCUT2D eigenvalue weighted by Gasteiger charge is 2.30. The van der Waals surface area contributed by atoms with Crippen LogP contribution in [0.15, 0.2) is 18.2 Å². The van der Waals surface area contributed by atoms with Crippen LogP contribution >= 0.6 is 0 Å². The normalized spacial score (nSPS) is 14.4. The molecule has 110 valence electrons. The average Bonchev–Trinajstić information content (AvgIpc) is 3.20. The van der Waals surface area contributed by atoms with Gasteiger partial charge in [0.2, 0.25) is 0 Å². The summed E-state index contributed by atoms with van der Waals surface area (Å²) in [6.07, 6.45) is 2.37. The molecular formula is C15H23N3O2. The summed E-state index contributed by atoms with van der Waals surface area (Å²) < 4.78 is 0. The molecule has 2 rings (SSSR count). The average molecular weight is 277 g/mol. The fourth-order valence-corrected chi connectivity index (χ4v) is 2.42. The predicted molar refractivity (Wildman–Crippen MR) is 82.5 cm³/mol. The molecular weight excluding hydrogens is 254 g/mol. The lowest BCUT2D eigenvalue weighted by molar-refractivity contribution is -0.384. The van der Waals surface area contributed by atoms with Crippen LogP contribution in [0.5, 0.6) is 0 Å². The maximum absolute atomic E-state index is 11.1. The third-order valence-electron chi connectivity index (χ3n) is 3.38. The van der Waals surface area contributed by atoms with Crippen molar-refractivity contribution in [2.75, 3.05) is 23.3 Å². The van der Waals surface area contributed by atoms with E-state index in [2.05, 4.69) is 24.1 Å².